The molecule has 2 fully saturated rings. The van der Waals surface area contributed by atoms with Crippen LogP contribution in [0.5, 0.6) is 0 Å². The van der Waals surface area contributed by atoms with Crippen LogP contribution < -0.4 is 0 Å². The largest absolute Gasteiger partial charge is 0.341 e. The molecule has 2 heterocycles. The zero-order chi connectivity index (χ0) is 15.5. The minimum Gasteiger partial charge on any atom is -0.341 e. The summed E-state index contributed by atoms with van der Waals surface area (Å²) >= 11 is 0. The van der Waals surface area contributed by atoms with Crippen LogP contribution in [0.1, 0.15) is 37.7 Å². The quantitative estimate of drug-likeness (QED) is 0.860. The number of nitrogens with zero attached hydrogens (tertiary/aromatic N) is 3. The van der Waals surface area contributed by atoms with Gasteiger partial charge in [-0.25, -0.2) is 0 Å². The number of carbonyl (C=O) groups is 1. The van der Waals surface area contributed by atoms with E-state index in [1.807, 2.05) is 24.1 Å². The zero-order valence-electron chi connectivity index (χ0n) is 13.7. The SMILES string of the molecule is CN1CCCC2CCCC(N(C)C(=O)Cc3ccncc3)C21. The first-order valence-electron chi connectivity index (χ1n) is 8.51. The molecule has 4 nitrogen and oxygen atoms in total. The smallest absolute Gasteiger partial charge is 0.227 e. The summed E-state index contributed by atoms with van der Waals surface area (Å²) < 4.78 is 0. The van der Waals surface area contributed by atoms with E-state index >= 15 is 0 Å². The van der Waals surface area contributed by atoms with Gasteiger partial charge in [0.2, 0.25) is 5.91 Å². The van der Waals surface area contributed by atoms with E-state index < -0.39 is 0 Å². The fourth-order valence-corrected chi connectivity index (χ4v) is 4.37. The van der Waals surface area contributed by atoms with Gasteiger partial charge in [0, 0.05) is 31.5 Å². The molecule has 0 bridgehead atoms. The number of piperidine rings is 1. The van der Waals surface area contributed by atoms with E-state index in [4.69, 9.17) is 0 Å². The molecular weight excluding hydrogens is 274 g/mol. The van der Waals surface area contributed by atoms with Crippen molar-refractivity contribution in [3.63, 3.8) is 0 Å². The molecule has 2 aliphatic rings. The number of aromatic nitrogens is 1. The summed E-state index contributed by atoms with van der Waals surface area (Å²) in [6.45, 7) is 1.17. The van der Waals surface area contributed by atoms with Gasteiger partial charge >= 0.3 is 0 Å². The van der Waals surface area contributed by atoms with Crippen molar-refractivity contribution in [1.29, 1.82) is 0 Å². The maximum atomic E-state index is 12.7. The van der Waals surface area contributed by atoms with Crippen LogP contribution in [0.4, 0.5) is 0 Å². The molecule has 0 aromatic carbocycles. The first-order chi connectivity index (χ1) is 10.7. The van der Waals surface area contributed by atoms with Crippen LogP contribution in [0.25, 0.3) is 0 Å². The molecule has 1 saturated carbocycles. The van der Waals surface area contributed by atoms with Gasteiger partial charge in [0.1, 0.15) is 0 Å². The first kappa shape index (κ1) is 15.5. The monoisotopic (exact) mass is 301 g/mol. The maximum absolute atomic E-state index is 12.7. The highest BCUT2D eigenvalue weighted by Crippen LogP contribution is 2.36. The molecule has 1 aromatic heterocycles. The Labute approximate surface area is 133 Å². The predicted octanol–water partition coefficient (Wildman–Crippen LogP) is 2.35. The van der Waals surface area contributed by atoms with Gasteiger partial charge < -0.3 is 9.80 Å². The molecule has 1 aliphatic carbocycles. The number of pyridine rings is 1. The van der Waals surface area contributed by atoms with Crippen molar-refractivity contribution in [2.24, 2.45) is 5.92 Å². The minimum absolute atomic E-state index is 0.232. The average molecular weight is 301 g/mol. The van der Waals surface area contributed by atoms with E-state index in [-0.39, 0.29) is 5.91 Å². The number of amides is 1. The summed E-state index contributed by atoms with van der Waals surface area (Å²) in [6.07, 6.45) is 10.4. The molecule has 4 heteroatoms. The molecule has 3 atom stereocenters. The molecule has 0 N–H and O–H groups in total. The van der Waals surface area contributed by atoms with Gasteiger partial charge in [-0.15, -0.1) is 0 Å². The molecule has 3 unspecified atom stereocenters. The summed E-state index contributed by atoms with van der Waals surface area (Å²) in [7, 11) is 4.23. The van der Waals surface area contributed by atoms with E-state index in [1.165, 1.54) is 32.2 Å². The van der Waals surface area contributed by atoms with Crippen molar-refractivity contribution in [2.75, 3.05) is 20.6 Å². The number of hydrogen-bond acceptors (Lipinski definition) is 3. The third-order valence-electron chi connectivity index (χ3n) is 5.54. The number of rotatable bonds is 3. The van der Waals surface area contributed by atoms with E-state index in [0.29, 0.717) is 18.5 Å². The van der Waals surface area contributed by atoms with E-state index in [0.717, 1.165) is 17.9 Å². The van der Waals surface area contributed by atoms with Crippen LogP contribution >= 0.6 is 0 Å². The second-order valence-corrected chi connectivity index (χ2v) is 6.91. The lowest BCUT2D eigenvalue weighted by Crippen LogP contribution is -2.58. The second kappa shape index (κ2) is 6.78. The van der Waals surface area contributed by atoms with Crippen molar-refractivity contribution in [3.05, 3.63) is 30.1 Å². The van der Waals surface area contributed by atoms with E-state index in [9.17, 15) is 4.79 Å². The van der Waals surface area contributed by atoms with Gasteiger partial charge in [-0.05, 0) is 62.9 Å². The lowest BCUT2D eigenvalue weighted by atomic mass is 9.75. The Morgan fingerprint density at radius 3 is 2.77 bits per heavy atom. The van der Waals surface area contributed by atoms with Gasteiger partial charge in [-0.3, -0.25) is 9.78 Å². The molecule has 0 spiro atoms. The van der Waals surface area contributed by atoms with Crippen molar-refractivity contribution in [2.45, 2.75) is 50.6 Å². The Bertz CT molecular complexity index is 502. The number of fused-ring (bicyclic) bond motifs is 1. The van der Waals surface area contributed by atoms with Crippen molar-refractivity contribution >= 4 is 5.91 Å². The summed E-state index contributed by atoms with van der Waals surface area (Å²) in [4.78, 5) is 21.2. The summed E-state index contributed by atoms with van der Waals surface area (Å²) in [6, 6.07) is 4.79. The van der Waals surface area contributed by atoms with Crippen LogP contribution in [0.3, 0.4) is 0 Å². The molecule has 1 aliphatic heterocycles. The molecule has 120 valence electrons. The standard InChI is InChI=1S/C18H27N3O/c1-20-12-4-6-15-5-3-7-16(18(15)20)21(2)17(22)13-14-8-10-19-11-9-14/h8-11,15-16,18H,3-7,12-13H2,1-2H3. The molecule has 22 heavy (non-hydrogen) atoms. The van der Waals surface area contributed by atoms with Crippen LogP contribution in [-0.4, -0.2) is 53.4 Å². The second-order valence-electron chi connectivity index (χ2n) is 6.91. The van der Waals surface area contributed by atoms with Crippen molar-refractivity contribution in [3.8, 4) is 0 Å². The molecule has 1 saturated heterocycles. The first-order valence-corrected chi connectivity index (χ1v) is 8.51. The molecule has 3 rings (SSSR count). The summed E-state index contributed by atoms with van der Waals surface area (Å²) in [5, 5.41) is 0. The van der Waals surface area contributed by atoms with Crippen LogP contribution in [-0.2, 0) is 11.2 Å². The van der Waals surface area contributed by atoms with Crippen LogP contribution in [0.2, 0.25) is 0 Å². The fourth-order valence-electron chi connectivity index (χ4n) is 4.37. The van der Waals surface area contributed by atoms with E-state index in [1.54, 1.807) is 12.4 Å². The molecule has 0 radical (unpaired) electrons. The Balaban J connectivity index is 1.69. The topological polar surface area (TPSA) is 36.4 Å². The Morgan fingerprint density at radius 1 is 1.27 bits per heavy atom. The van der Waals surface area contributed by atoms with Crippen LogP contribution in [0, 0.1) is 5.92 Å². The van der Waals surface area contributed by atoms with Crippen molar-refractivity contribution in [1.82, 2.24) is 14.8 Å². The minimum atomic E-state index is 0.232. The normalized spacial score (nSPS) is 28.9. The highest BCUT2D eigenvalue weighted by Gasteiger charge is 2.40. The van der Waals surface area contributed by atoms with Gasteiger partial charge in [0.05, 0.1) is 6.42 Å². The molecular formula is C18H27N3O. The number of likely N-dealkylation sites (tertiary alicyclic amines) is 1. The fraction of sp³-hybridized carbons (Fsp3) is 0.667. The summed E-state index contributed by atoms with van der Waals surface area (Å²) in [5.74, 6) is 1.00. The van der Waals surface area contributed by atoms with Gasteiger partial charge in [-0.2, -0.15) is 0 Å². The van der Waals surface area contributed by atoms with Gasteiger partial charge in [0.25, 0.3) is 0 Å². The number of likely N-dealkylation sites (N-methyl/N-ethyl adjacent to an activating group) is 2. The zero-order valence-corrected chi connectivity index (χ0v) is 13.7. The van der Waals surface area contributed by atoms with Crippen LogP contribution in [0.15, 0.2) is 24.5 Å². The third kappa shape index (κ3) is 3.17. The lowest BCUT2D eigenvalue weighted by Gasteiger charge is -2.49. The maximum Gasteiger partial charge on any atom is 0.227 e. The van der Waals surface area contributed by atoms with Gasteiger partial charge in [-0.1, -0.05) is 6.42 Å². The highest BCUT2D eigenvalue weighted by atomic mass is 16.2. The lowest BCUT2D eigenvalue weighted by molar-refractivity contribution is -0.134. The predicted molar refractivity (Wildman–Crippen MR) is 87.5 cm³/mol. The molecule has 1 aromatic rings. The third-order valence-corrected chi connectivity index (χ3v) is 5.54. The Hall–Kier alpha value is -1.42. The highest BCUT2D eigenvalue weighted by molar-refractivity contribution is 5.78. The number of hydrogen-bond donors (Lipinski definition) is 0. The number of carbonyl (C=O) groups excluding carboxylic acids is 1. The van der Waals surface area contributed by atoms with Gasteiger partial charge in [0.15, 0.2) is 0 Å². The van der Waals surface area contributed by atoms with Crippen molar-refractivity contribution < 1.29 is 4.79 Å². The molecule has 1 amide bonds. The average Bonchev–Trinajstić information content (AvgIpc) is 2.55. The summed E-state index contributed by atoms with van der Waals surface area (Å²) in [5.41, 5.74) is 1.05. The Morgan fingerprint density at radius 2 is 2.00 bits per heavy atom. The Kier molecular flexibility index (Phi) is 4.77. The van der Waals surface area contributed by atoms with E-state index in [2.05, 4.69) is 16.9 Å².